The molecule has 0 fully saturated rings. The summed E-state index contributed by atoms with van der Waals surface area (Å²) in [6, 6.07) is 7.80. The van der Waals surface area contributed by atoms with Gasteiger partial charge in [-0.15, -0.1) is 0 Å². The van der Waals surface area contributed by atoms with Crippen molar-refractivity contribution in [1.29, 1.82) is 0 Å². The van der Waals surface area contributed by atoms with Crippen LogP contribution in [0, 0.1) is 6.92 Å². The van der Waals surface area contributed by atoms with Crippen LogP contribution in [0.2, 0.25) is 0 Å². The fraction of sp³-hybridized carbons (Fsp3) is 0.333. The first-order chi connectivity index (χ1) is 9.03. The Labute approximate surface area is 112 Å². The molecule has 100 valence electrons. The maximum atomic E-state index is 5.71. The third kappa shape index (κ3) is 2.38. The number of hydrogen-bond acceptors (Lipinski definition) is 4. The molecule has 19 heavy (non-hydrogen) atoms. The maximum Gasteiger partial charge on any atom is 0.246 e. The first-order valence-corrected chi connectivity index (χ1v) is 6.32. The van der Waals surface area contributed by atoms with Crippen LogP contribution in [-0.4, -0.2) is 5.79 Å². The van der Waals surface area contributed by atoms with E-state index >= 15 is 0 Å². The zero-order valence-corrected chi connectivity index (χ0v) is 11.3. The van der Waals surface area contributed by atoms with Gasteiger partial charge in [0.1, 0.15) is 5.76 Å². The summed E-state index contributed by atoms with van der Waals surface area (Å²) in [4.78, 5) is 0. The van der Waals surface area contributed by atoms with Gasteiger partial charge < -0.3 is 19.2 Å². The van der Waals surface area contributed by atoms with E-state index in [1.54, 1.807) is 6.26 Å². The van der Waals surface area contributed by atoms with Crippen molar-refractivity contribution >= 4 is 5.69 Å². The van der Waals surface area contributed by atoms with E-state index in [4.69, 9.17) is 13.9 Å². The summed E-state index contributed by atoms with van der Waals surface area (Å²) in [5.74, 6) is 1.91. The highest BCUT2D eigenvalue weighted by Crippen LogP contribution is 2.40. The lowest BCUT2D eigenvalue weighted by Crippen LogP contribution is -2.29. The van der Waals surface area contributed by atoms with Gasteiger partial charge in [-0.05, 0) is 30.7 Å². The summed E-state index contributed by atoms with van der Waals surface area (Å²) < 4.78 is 16.8. The third-order valence-corrected chi connectivity index (χ3v) is 3.08. The summed E-state index contributed by atoms with van der Waals surface area (Å²) in [6.07, 6.45) is 1.70. The smallest absolute Gasteiger partial charge is 0.246 e. The predicted molar refractivity (Wildman–Crippen MR) is 72.5 cm³/mol. The van der Waals surface area contributed by atoms with Gasteiger partial charge in [0.15, 0.2) is 11.5 Å². The lowest BCUT2D eigenvalue weighted by molar-refractivity contribution is -0.0431. The number of rotatable bonds is 3. The lowest BCUT2D eigenvalue weighted by atomic mass is 10.2. The van der Waals surface area contributed by atoms with Gasteiger partial charge in [0, 0.05) is 25.6 Å². The third-order valence-electron chi connectivity index (χ3n) is 3.08. The second kappa shape index (κ2) is 4.23. The molecular formula is C15H17NO3. The molecule has 0 radical (unpaired) electrons. The minimum atomic E-state index is -0.585. The Kier molecular flexibility index (Phi) is 2.66. The van der Waals surface area contributed by atoms with Gasteiger partial charge in [0.2, 0.25) is 5.79 Å². The van der Waals surface area contributed by atoms with E-state index in [0.29, 0.717) is 6.54 Å². The quantitative estimate of drug-likeness (QED) is 0.912. The maximum absolute atomic E-state index is 5.71. The summed E-state index contributed by atoms with van der Waals surface area (Å²) in [6.45, 7) is 6.48. The van der Waals surface area contributed by atoms with E-state index in [0.717, 1.165) is 28.5 Å². The van der Waals surface area contributed by atoms with Crippen molar-refractivity contribution < 1.29 is 13.9 Å². The van der Waals surface area contributed by atoms with E-state index in [1.165, 1.54) is 0 Å². The minimum absolute atomic E-state index is 0.585. The number of furan rings is 1. The minimum Gasteiger partial charge on any atom is -0.467 e. The second-order valence-corrected chi connectivity index (χ2v) is 5.15. The highest BCUT2D eigenvalue weighted by atomic mass is 16.7. The van der Waals surface area contributed by atoms with Gasteiger partial charge in [-0.25, -0.2) is 0 Å². The van der Waals surface area contributed by atoms with Gasteiger partial charge >= 0.3 is 0 Å². The van der Waals surface area contributed by atoms with E-state index in [-0.39, 0.29) is 0 Å². The average molecular weight is 259 g/mol. The molecule has 0 unspecified atom stereocenters. The van der Waals surface area contributed by atoms with Crippen molar-refractivity contribution in [3.63, 3.8) is 0 Å². The van der Waals surface area contributed by atoms with E-state index in [2.05, 4.69) is 5.32 Å². The van der Waals surface area contributed by atoms with Crippen LogP contribution in [0.1, 0.15) is 25.2 Å². The van der Waals surface area contributed by atoms with Crippen LogP contribution in [0.3, 0.4) is 0 Å². The Morgan fingerprint density at radius 2 is 1.89 bits per heavy atom. The molecule has 1 N–H and O–H groups in total. The highest BCUT2D eigenvalue weighted by Gasteiger charge is 2.31. The SMILES string of the molecule is Cc1ccoc1CNc1ccc2c(c1)OC(C)(C)O2. The van der Waals surface area contributed by atoms with Crippen molar-refractivity contribution in [2.24, 2.45) is 0 Å². The van der Waals surface area contributed by atoms with Crippen LogP contribution in [0.5, 0.6) is 11.5 Å². The molecule has 3 rings (SSSR count). The predicted octanol–water partition coefficient (Wildman–Crippen LogP) is 3.71. The molecule has 2 aromatic rings. The Bertz CT molecular complexity index is 601. The van der Waals surface area contributed by atoms with Crippen LogP contribution in [0.4, 0.5) is 5.69 Å². The molecule has 0 saturated carbocycles. The van der Waals surface area contributed by atoms with E-state index in [1.807, 2.05) is 45.0 Å². The standard InChI is InChI=1S/C15H17NO3/c1-10-6-7-17-14(10)9-16-11-4-5-12-13(8-11)19-15(2,3)18-12/h4-8,16H,9H2,1-3H3. The van der Waals surface area contributed by atoms with Crippen molar-refractivity contribution in [1.82, 2.24) is 0 Å². The number of nitrogens with one attached hydrogen (secondary N) is 1. The Morgan fingerprint density at radius 3 is 2.63 bits per heavy atom. The van der Waals surface area contributed by atoms with Gasteiger partial charge in [0.05, 0.1) is 12.8 Å². The van der Waals surface area contributed by atoms with Crippen LogP contribution < -0.4 is 14.8 Å². The molecule has 1 aliphatic rings. The fourth-order valence-corrected chi connectivity index (χ4v) is 2.10. The molecule has 0 spiro atoms. The Morgan fingerprint density at radius 1 is 1.11 bits per heavy atom. The largest absolute Gasteiger partial charge is 0.467 e. The molecule has 1 aliphatic heterocycles. The number of aryl methyl sites for hydroxylation is 1. The first kappa shape index (κ1) is 12.0. The molecule has 0 amide bonds. The molecule has 0 bridgehead atoms. The van der Waals surface area contributed by atoms with Crippen molar-refractivity contribution in [2.45, 2.75) is 33.1 Å². The molecule has 1 aromatic carbocycles. The van der Waals surface area contributed by atoms with Gasteiger partial charge in [0.25, 0.3) is 0 Å². The second-order valence-electron chi connectivity index (χ2n) is 5.15. The molecule has 4 heteroatoms. The fourth-order valence-electron chi connectivity index (χ4n) is 2.10. The van der Waals surface area contributed by atoms with Crippen LogP contribution >= 0.6 is 0 Å². The summed E-state index contributed by atoms with van der Waals surface area (Å²) in [5.41, 5.74) is 2.13. The monoisotopic (exact) mass is 259 g/mol. The Hall–Kier alpha value is -2.10. The molecule has 0 atom stereocenters. The zero-order chi connectivity index (χ0) is 13.5. The van der Waals surface area contributed by atoms with Crippen molar-refractivity contribution in [3.05, 3.63) is 41.9 Å². The average Bonchev–Trinajstić information content (AvgIpc) is 2.87. The summed E-state index contributed by atoms with van der Waals surface area (Å²) >= 11 is 0. The Balaban J connectivity index is 1.72. The van der Waals surface area contributed by atoms with E-state index < -0.39 is 5.79 Å². The summed E-state index contributed by atoms with van der Waals surface area (Å²) in [7, 11) is 0. The van der Waals surface area contributed by atoms with Crippen LogP contribution in [0.15, 0.2) is 34.9 Å². The molecule has 0 aliphatic carbocycles. The number of anilines is 1. The highest BCUT2D eigenvalue weighted by molar-refractivity contribution is 5.56. The van der Waals surface area contributed by atoms with Gasteiger partial charge in [-0.3, -0.25) is 0 Å². The molecule has 1 aromatic heterocycles. The molecular weight excluding hydrogens is 242 g/mol. The topological polar surface area (TPSA) is 43.6 Å². The summed E-state index contributed by atoms with van der Waals surface area (Å²) in [5, 5.41) is 3.32. The number of ether oxygens (including phenoxy) is 2. The molecule has 2 heterocycles. The van der Waals surface area contributed by atoms with Crippen LogP contribution in [-0.2, 0) is 6.54 Å². The zero-order valence-electron chi connectivity index (χ0n) is 11.3. The number of hydrogen-bond donors (Lipinski definition) is 1. The number of benzene rings is 1. The van der Waals surface area contributed by atoms with Gasteiger partial charge in [-0.1, -0.05) is 0 Å². The normalized spacial score (nSPS) is 15.5. The molecule has 0 saturated heterocycles. The molecule has 4 nitrogen and oxygen atoms in total. The van der Waals surface area contributed by atoms with Crippen LogP contribution in [0.25, 0.3) is 0 Å². The number of fused-ring (bicyclic) bond motifs is 1. The lowest BCUT2D eigenvalue weighted by Gasteiger charge is -2.16. The van der Waals surface area contributed by atoms with E-state index in [9.17, 15) is 0 Å². The van der Waals surface area contributed by atoms with Crippen molar-refractivity contribution in [2.75, 3.05) is 5.32 Å². The van der Waals surface area contributed by atoms with Crippen molar-refractivity contribution in [3.8, 4) is 11.5 Å². The first-order valence-electron chi connectivity index (χ1n) is 6.32. The van der Waals surface area contributed by atoms with Gasteiger partial charge in [-0.2, -0.15) is 0 Å².